The Bertz CT molecular complexity index is 349. The Labute approximate surface area is 116 Å². The molecule has 0 aromatic heterocycles. The lowest BCUT2D eigenvalue weighted by Crippen LogP contribution is -2.46. The second-order valence-corrected chi connectivity index (χ2v) is 6.58. The highest BCUT2D eigenvalue weighted by Crippen LogP contribution is 2.19. The molecule has 1 saturated heterocycles. The number of aliphatic carboxylic acids is 1. The Morgan fingerprint density at radius 3 is 2.84 bits per heavy atom. The van der Waals surface area contributed by atoms with Crippen LogP contribution in [0.1, 0.15) is 26.2 Å². The zero-order chi connectivity index (χ0) is 14.3. The molecule has 110 valence electrons. The van der Waals surface area contributed by atoms with Gasteiger partial charge in [0, 0.05) is 48.4 Å². The number of amides is 2. The predicted octanol–water partition coefficient (Wildman–Crippen LogP) is 0.651. The summed E-state index contributed by atoms with van der Waals surface area (Å²) in [5.74, 6) is 0.293. The largest absolute Gasteiger partial charge is 0.481 e. The van der Waals surface area contributed by atoms with Crippen LogP contribution >= 0.6 is 0 Å². The summed E-state index contributed by atoms with van der Waals surface area (Å²) >= 11 is 0. The van der Waals surface area contributed by atoms with Gasteiger partial charge in [-0.3, -0.25) is 9.00 Å². The number of nitrogens with zero attached hydrogens (tertiary/aromatic N) is 1. The van der Waals surface area contributed by atoms with Crippen LogP contribution < -0.4 is 5.32 Å². The summed E-state index contributed by atoms with van der Waals surface area (Å²) in [4.78, 5) is 24.2. The van der Waals surface area contributed by atoms with Crippen molar-refractivity contribution in [3.05, 3.63) is 0 Å². The van der Waals surface area contributed by atoms with Gasteiger partial charge in [0.1, 0.15) is 0 Å². The van der Waals surface area contributed by atoms with Crippen LogP contribution in [0, 0.1) is 5.92 Å². The second kappa shape index (κ2) is 8.14. The molecule has 2 amide bonds. The summed E-state index contributed by atoms with van der Waals surface area (Å²) in [5, 5.41) is 11.5. The molecule has 1 aliphatic rings. The number of likely N-dealkylation sites (tertiary alicyclic amines) is 1. The van der Waals surface area contributed by atoms with Gasteiger partial charge in [-0.15, -0.1) is 0 Å². The molecule has 0 aromatic carbocycles. The molecule has 1 fully saturated rings. The molecule has 0 spiro atoms. The molecular formula is C12H22N2O4S. The highest BCUT2D eigenvalue weighted by Gasteiger charge is 2.24. The quantitative estimate of drug-likeness (QED) is 0.752. The van der Waals surface area contributed by atoms with Gasteiger partial charge >= 0.3 is 12.0 Å². The normalized spacial score (nSPS) is 20.9. The van der Waals surface area contributed by atoms with Crippen molar-refractivity contribution < 1.29 is 18.9 Å². The number of piperidine rings is 1. The molecule has 0 aliphatic carbocycles. The summed E-state index contributed by atoms with van der Waals surface area (Å²) in [6.45, 7) is 3.41. The Balaban J connectivity index is 2.31. The molecule has 6 nitrogen and oxygen atoms in total. The maximum atomic E-state index is 11.9. The van der Waals surface area contributed by atoms with E-state index in [9.17, 15) is 13.8 Å². The van der Waals surface area contributed by atoms with Crippen molar-refractivity contribution in [3.8, 4) is 0 Å². The van der Waals surface area contributed by atoms with Gasteiger partial charge in [-0.2, -0.15) is 0 Å². The van der Waals surface area contributed by atoms with E-state index in [1.54, 1.807) is 4.90 Å². The minimum Gasteiger partial charge on any atom is -0.481 e. The van der Waals surface area contributed by atoms with Gasteiger partial charge in [0.05, 0.1) is 0 Å². The van der Waals surface area contributed by atoms with Gasteiger partial charge in [-0.05, 0) is 18.8 Å². The molecular weight excluding hydrogens is 268 g/mol. The fourth-order valence-electron chi connectivity index (χ4n) is 2.19. The van der Waals surface area contributed by atoms with Crippen molar-refractivity contribution in [2.24, 2.45) is 5.92 Å². The number of nitrogens with one attached hydrogen (secondary N) is 1. The molecule has 1 aliphatic heterocycles. The molecule has 1 rings (SSSR count). The van der Waals surface area contributed by atoms with Crippen LogP contribution in [0.25, 0.3) is 0 Å². The zero-order valence-corrected chi connectivity index (χ0v) is 12.1. The fraction of sp³-hybridized carbons (Fsp3) is 0.833. The number of carboxylic acids is 1. The van der Waals surface area contributed by atoms with Gasteiger partial charge < -0.3 is 15.3 Å². The number of carbonyl (C=O) groups excluding carboxylic acids is 1. The van der Waals surface area contributed by atoms with E-state index in [1.807, 2.05) is 6.92 Å². The zero-order valence-electron chi connectivity index (χ0n) is 11.3. The number of carboxylic acid groups (broad SMARTS) is 1. The minimum absolute atomic E-state index is 0.0433. The van der Waals surface area contributed by atoms with Crippen molar-refractivity contribution >= 4 is 22.8 Å². The van der Waals surface area contributed by atoms with E-state index in [1.165, 1.54) is 0 Å². The number of urea groups is 1. The van der Waals surface area contributed by atoms with Crippen LogP contribution in [0.5, 0.6) is 0 Å². The minimum atomic E-state index is -0.874. The lowest BCUT2D eigenvalue weighted by Gasteiger charge is -2.32. The van der Waals surface area contributed by atoms with Crippen LogP contribution in [0.4, 0.5) is 4.79 Å². The van der Waals surface area contributed by atoms with Crippen LogP contribution in [-0.4, -0.2) is 57.4 Å². The summed E-state index contributed by atoms with van der Waals surface area (Å²) in [6, 6.07) is -0.178. The van der Waals surface area contributed by atoms with Crippen LogP contribution in [0.3, 0.4) is 0 Å². The Hall–Kier alpha value is -1.11. The third-order valence-corrected chi connectivity index (χ3v) is 4.50. The SMILES string of the molecule is CCS(=O)CCNC(=O)N1CCCC(CC(=O)O)C1. The first-order chi connectivity index (χ1) is 9.02. The summed E-state index contributed by atoms with van der Waals surface area (Å²) in [6.07, 6.45) is 1.81. The molecule has 1 heterocycles. The fourth-order valence-corrected chi connectivity index (χ4v) is 2.81. The Kier molecular flexibility index (Phi) is 6.83. The molecule has 2 N–H and O–H groups in total. The summed E-state index contributed by atoms with van der Waals surface area (Å²) in [5.41, 5.74) is 0. The lowest BCUT2D eigenvalue weighted by atomic mass is 9.95. The lowest BCUT2D eigenvalue weighted by molar-refractivity contribution is -0.138. The van der Waals surface area contributed by atoms with Crippen molar-refractivity contribution in [3.63, 3.8) is 0 Å². The monoisotopic (exact) mass is 290 g/mol. The van der Waals surface area contributed by atoms with Crippen molar-refractivity contribution in [2.75, 3.05) is 31.1 Å². The van der Waals surface area contributed by atoms with Gasteiger partial charge in [0.2, 0.25) is 0 Å². The van der Waals surface area contributed by atoms with E-state index in [0.29, 0.717) is 31.1 Å². The molecule has 2 unspecified atom stereocenters. The topological polar surface area (TPSA) is 86.7 Å². The predicted molar refractivity (Wildman–Crippen MR) is 73.5 cm³/mol. The molecule has 19 heavy (non-hydrogen) atoms. The van der Waals surface area contributed by atoms with Crippen LogP contribution in [0.15, 0.2) is 0 Å². The van der Waals surface area contributed by atoms with Crippen molar-refractivity contribution in [1.29, 1.82) is 0 Å². The van der Waals surface area contributed by atoms with Gasteiger partial charge in [0.15, 0.2) is 0 Å². The average molecular weight is 290 g/mol. The van der Waals surface area contributed by atoms with E-state index >= 15 is 0 Å². The van der Waals surface area contributed by atoms with Crippen molar-refractivity contribution in [1.82, 2.24) is 10.2 Å². The van der Waals surface area contributed by atoms with E-state index in [0.717, 1.165) is 12.8 Å². The van der Waals surface area contributed by atoms with E-state index < -0.39 is 16.8 Å². The van der Waals surface area contributed by atoms with Crippen LogP contribution in [-0.2, 0) is 15.6 Å². The molecule has 7 heteroatoms. The Morgan fingerprint density at radius 1 is 1.47 bits per heavy atom. The van der Waals surface area contributed by atoms with E-state index in [2.05, 4.69) is 5.32 Å². The summed E-state index contributed by atoms with van der Waals surface area (Å²) in [7, 11) is -0.874. The summed E-state index contributed by atoms with van der Waals surface area (Å²) < 4.78 is 11.2. The molecule has 0 aromatic rings. The van der Waals surface area contributed by atoms with Gasteiger partial charge in [-0.25, -0.2) is 4.79 Å². The number of rotatable bonds is 6. The number of hydrogen-bond donors (Lipinski definition) is 2. The first-order valence-electron chi connectivity index (χ1n) is 6.62. The van der Waals surface area contributed by atoms with Crippen molar-refractivity contribution in [2.45, 2.75) is 26.2 Å². The first kappa shape index (κ1) is 15.9. The van der Waals surface area contributed by atoms with Gasteiger partial charge in [0.25, 0.3) is 0 Å². The first-order valence-corrected chi connectivity index (χ1v) is 8.11. The number of carbonyl (C=O) groups is 2. The second-order valence-electron chi connectivity index (χ2n) is 4.72. The maximum absolute atomic E-state index is 11.9. The number of hydrogen-bond acceptors (Lipinski definition) is 3. The standard InChI is InChI=1S/C12H22N2O4S/c1-2-19(18)7-5-13-12(17)14-6-3-4-10(9-14)8-11(15)16/h10H,2-9H2,1H3,(H,13,17)(H,15,16). The molecule has 0 saturated carbocycles. The smallest absolute Gasteiger partial charge is 0.317 e. The third kappa shape index (κ3) is 6.04. The highest BCUT2D eigenvalue weighted by atomic mass is 32.2. The van der Waals surface area contributed by atoms with Crippen LogP contribution in [0.2, 0.25) is 0 Å². The molecule has 0 bridgehead atoms. The molecule has 0 radical (unpaired) electrons. The van der Waals surface area contributed by atoms with E-state index in [-0.39, 0.29) is 18.4 Å². The highest BCUT2D eigenvalue weighted by molar-refractivity contribution is 7.84. The average Bonchev–Trinajstić information content (AvgIpc) is 2.37. The Morgan fingerprint density at radius 2 is 2.21 bits per heavy atom. The molecule has 2 atom stereocenters. The maximum Gasteiger partial charge on any atom is 0.317 e. The van der Waals surface area contributed by atoms with Gasteiger partial charge in [-0.1, -0.05) is 6.92 Å². The third-order valence-electron chi connectivity index (χ3n) is 3.20. The van der Waals surface area contributed by atoms with E-state index in [4.69, 9.17) is 5.11 Å².